The third kappa shape index (κ3) is 4.59. The second-order valence-electron chi connectivity index (χ2n) is 11.4. The van der Waals surface area contributed by atoms with Gasteiger partial charge in [-0.1, -0.05) is 32.0 Å². The van der Waals surface area contributed by atoms with E-state index >= 15 is 0 Å². The van der Waals surface area contributed by atoms with Crippen LogP contribution < -0.4 is 5.32 Å². The summed E-state index contributed by atoms with van der Waals surface area (Å²) < 4.78 is 5.40. The number of carbonyl (C=O) groups is 3. The summed E-state index contributed by atoms with van der Waals surface area (Å²) in [5.41, 5.74) is 2.48. The topological polar surface area (TPSA) is 95.9 Å². The first kappa shape index (κ1) is 24.3. The number of para-hydroxylation sites is 1. The summed E-state index contributed by atoms with van der Waals surface area (Å²) in [5.74, 6) is 0.868. The fourth-order valence-electron chi connectivity index (χ4n) is 7.75. The van der Waals surface area contributed by atoms with Gasteiger partial charge in [-0.3, -0.25) is 9.59 Å². The maximum absolute atomic E-state index is 13.8. The number of esters is 1. The van der Waals surface area contributed by atoms with Crippen molar-refractivity contribution < 1.29 is 24.2 Å². The number of nitrogens with one attached hydrogen (secondary N) is 1. The molecule has 35 heavy (non-hydrogen) atoms. The van der Waals surface area contributed by atoms with E-state index in [2.05, 4.69) is 5.32 Å². The summed E-state index contributed by atoms with van der Waals surface area (Å²) in [6.45, 7) is 3.82. The van der Waals surface area contributed by atoms with Crippen LogP contribution in [0.3, 0.4) is 0 Å². The molecule has 7 nitrogen and oxygen atoms in total. The SMILES string of the molecule is CCc1cccc(CC)c1NC(=O)COC(=O)C1CC(O)CN1C(=O)C12CC3CC(CC(C3)C1)C2. The van der Waals surface area contributed by atoms with Gasteiger partial charge in [-0.2, -0.15) is 0 Å². The van der Waals surface area contributed by atoms with Gasteiger partial charge in [-0.05, 0) is 80.2 Å². The van der Waals surface area contributed by atoms with E-state index < -0.39 is 30.6 Å². The van der Waals surface area contributed by atoms with Crippen molar-refractivity contribution in [3.05, 3.63) is 29.3 Å². The van der Waals surface area contributed by atoms with Crippen LogP contribution in [0.2, 0.25) is 0 Å². The predicted octanol–water partition coefficient (Wildman–Crippen LogP) is 3.47. The zero-order valence-corrected chi connectivity index (χ0v) is 20.9. The molecule has 5 fully saturated rings. The number of ether oxygens (including phenoxy) is 1. The Morgan fingerprint density at radius 3 is 2.11 bits per heavy atom. The molecule has 1 aromatic rings. The third-order valence-electron chi connectivity index (χ3n) is 8.91. The Bertz CT molecular complexity index is 948. The largest absolute Gasteiger partial charge is 0.454 e. The fraction of sp³-hybridized carbons (Fsp3) is 0.679. The fourth-order valence-corrected chi connectivity index (χ4v) is 7.75. The number of aliphatic hydroxyl groups is 1. The summed E-state index contributed by atoms with van der Waals surface area (Å²) >= 11 is 0. The highest BCUT2D eigenvalue weighted by Gasteiger charge is 2.57. The second-order valence-corrected chi connectivity index (χ2v) is 11.4. The molecule has 4 aliphatic carbocycles. The average molecular weight is 483 g/mol. The molecule has 5 aliphatic rings. The summed E-state index contributed by atoms with van der Waals surface area (Å²) in [4.78, 5) is 41.1. The van der Waals surface area contributed by atoms with Crippen LogP contribution in [0, 0.1) is 23.2 Å². The molecule has 7 heteroatoms. The molecule has 1 aromatic carbocycles. The summed E-state index contributed by atoms with van der Waals surface area (Å²) in [5, 5.41) is 13.3. The van der Waals surface area contributed by atoms with Gasteiger partial charge in [0, 0.05) is 18.7 Å². The van der Waals surface area contributed by atoms with Gasteiger partial charge < -0.3 is 20.1 Å². The number of benzene rings is 1. The smallest absolute Gasteiger partial charge is 0.329 e. The van der Waals surface area contributed by atoms with Gasteiger partial charge in [0.15, 0.2) is 6.61 Å². The first-order valence-electron chi connectivity index (χ1n) is 13.4. The van der Waals surface area contributed by atoms with E-state index in [1.165, 1.54) is 19.3 Å². The Kier molecular flexibility index (Phi) is 6.64. The normalized spacial score (nSPS) is 33.1. The Morgan fingerprint density at radius 2 is 1.57 bits per heavy atom. The summed E-state index contributed by atoms with van der Waals surface area (Å²) in [6, 6.07) is 5.12. The first-order chi connectivity index (χ1) is 16.8. The molecule has 2 atom stereocenters. The number of hydrogen-bond donors (Lipinski definition) is 2. The van der Waals surface area contributed by atoms with Crippen molar-refractivity contribution in [3.63, 3.8) is 0 Å². The highest BCUT2D eigenvalue weighted by Crippen LogP contribution is 2.60. The van der Waals surface area contributed by atoms with Crippen molar-refractivity contribution in [2.24, 2.45) is 23.2 Å². The molecular formula is C28H38N2O5. The van der Waals surface area contributed by atoms with E-state index in [-0.39, 0.29) is 24.3 Å². The average Bonchev–Trinajstić information content (AvgIpc) is 3.22. The van der Waals surface area contributed by atoms with Gasteiger partial charge >= 0.3 is 5.97 Å². The van der Waals surface area contributed by atoms with Crippen LogP contribution in [0.5, 0.6) is 0 Å². The van der Waals surface area contributed by atoms with E-state index in [4.69, 9.17) is 4.74 Å². The van der Waals surface area contributed by atoms with E-state index in [1.54, 1.807) is 4.90 Å². The number of nitrogens with zero attached hydrogens (tertiary/aromatic N) is 1. The Balaban J connectivity index is 1.23. The minimum absolute atomic E-state index is 0.0176. The zero-order chi connectivity index (χ0) is 24.7. The lowest BCUT2D eigenvalue weighted by Gasteiger charge is -2.56. The van der Waals surface area contributed by atoms with Crippen LogP contribution in [0.4, 0.5) is 5.69 Å². The number of β-amino-alcohol motifs (C(OH)–C–C–N with tert-alkyl or cyclic N) is 1. The molecule has 4 saturated carbocycles. The van der Waals surface area contributed by atoms with Crippen LogP contribution in [-0.4, -0.2) is 53.1 Å². The van der Waals surface area contributed by atoms with Crippen molar-refractivity contribution in [1.82, 2.24) is 4.90 Å². The minimum Gasteiger partial charge on any atom is -0.454 e. The molecule has 1 heterocycles. The highest BCUT2D eigenvalue weighted by molar-refractivity contribution is 5.95. The summed E-state index contributed by atoms with van der Waals surface area (Å²) in [6.07, 6.45) is 7.40. The van der Waals surface area contributed by atoms with Crippen molar-refractivity contribution >= 4 is 23.5 Å². The number of rotatable bonds is 7. The van der Waals surface area contributed by atoms with Gasteiger partial charge in [-0.25, -0.2) is 4.79 Å². The van der Waals surface area contributed by atoms with Gasteiger partial charge in [0.05, 0.1) is 11.5 Å². The third-order valence-corrected chi connectivity index (χ3v) is 8.91. The van der Waals surface area contributed by atoms with E-state index in [9.17, 15) is 19.5 Å². The van der Waals surface area contributed by atoms with Crippen LogP contribution in [0.25, 0.3) is 0 Å². The summed E-state index contributed by atoms with van der Waals surface area (Å²) in [7, 11) is 0. The lowest BCUT2D eigenvalue weighted by Crippen LogP contribution is -2.56. The number of anilines is 1. The van der Waals surface area contributed by atoms with Gasteiger partial charge in [0.2, 0.25) is 5.91 Å². The number of hydrogen-bond acceptors (Lipinski definition) is 5. The minimum atomic E-state index is -0.826. The Labute approximate surface area is 207 Å². The number of aliphatic hydroxyl groups excluding tert-OH is 1. The van der Waals surface area contributed by atoms with E-state index in [1.807, 2.05) is 32.0 Å². The first-order valence-corrected chi connectivity index (χ1v) is 13.4. The molecule has 2 N–H and O–H groups in total. The van der Waals surface area contributed by atoms with Crippen molar-refractivity contribution in [2.45, 2.75) is 83.8 Å². The predicted molar refractivity (Wildman–Crippen MR) is 132 cm³/mol. The lowest BCUT2D eigenvalue weighted by molar-refractivity contribution is -0.166. The molecule has 6 rings (SSSR count). The van der Waals surface area contributed by atoms with Crippen molar-refractivity contribution in [3.8, 4) is 0 Å². The molecule has 190 valence electrons. The quantitative estimate of drug-likeness (QED) is 0.580. The van der Waals surface area contributed by atoms with Crippen LogP contribution >= 0.6 is 0 Å². The molecule has 2 unspecified atom stereocenters. The van der Waals surface area contributed by atoms with E-state index in [0.29, 0.717) is 17.8 Å². The maximum Gasteiger partial charge on any atom is 0.329 e. The number of amides is 2. The number of carbonyl (C=O) groups excluding carboxylic acids is 3. The van der Waals surface area contributed by atoms with Gasteiger partial charge in [-0.15, -0.1) is 0 Å². The molecule has 0 spiro atoms. The Morgan fingerprint density at radius 1 is 1.00 bits per heavy atom. The molecule has 0 aromatic heterocycles. The van der Waals surface area contributed by atoms with E-state index in [0.717, 1.165) is 48.9 Å². The van der Waals surface area contributed by atoms with Crippen LogP contribution in [-0.2, 0) is 32.0 Å². The van der Waals surface area contributed by atoms with Gasteiger partial charge in [0.1, 0.15) is 6.04 Å². The second kappa shape index (κ2) is 9.57. The molecule has 1 saturated heterocycles. The van der Waals surface area contributed by atoms with Crippen LogP contribution in [0.15, 0.2) is 18.2 Å². The molecule has 0 radical (unpaired) electrons. The highest BCUT2D eigenvalue weighted by atomic mass is 16.5. The Hall–Kier alpha value is -2.41. The monoisotopic (exact) mass is 482 g/mol. The molecule has 2 amide bonds. The van der Waals surface area contributed by atoms with Crippen LogP contribution in [0.1, 0.15) is 69.9 Å². The maximum atomic E-state index is 13.8. The van der Waals surface area contributed by atoms with Gasteiger partial charge in [0.25, 0.3) is 5.91 Å². The zero-order valence-electron chi connectivity index (χ0n) is 20.9. The number of aryl methyl sites for hydroxylation is 2. The molecule has 4 bridgehead atoms. The standard InChI is InChI=1S/C28H38N2O5/c1-3-20-6-5-7-21(4-2)25(20)29-24(32)16-35-26(33)23-11-22(31)15-30(23)27(34)28-12-17-8-18(13-28)10-19(9-17)14-28/h5-7,17-19,22-23,31H,3-4,8-16H2,1-2H3,(H,29,32). The van der Waals surface area contributed by atoms with Crippen molar-refractivity contribution in [2.75, 3.05) is 18.5 Å². The van der Waals surface area contributed by atoms with Crippen molar-refractivity contribution in [1.29, 1.82) is 0 Å². The molecule has 1 aliphatic heterocycles. The molecular weight excluding hydrogens is 444 g/mol. The lowest BCUT2D eigenvalue weighted by atomic mass is 9.49. The number of likely N-dealkylation sites (tertiary alicyclic amines) is 1.